The fourth-order valence-electron chi connectivity index (χ4n) is 6.36. The van der Waals surface area contributed by atoms with Crippen LogP contribution in [-0.2, 0) is 14.3 Å². The number of non-ortho nitro benzene ring substituents is 1. The zero-order valence-corrected chi connectivity index (χ0v) is 20.7. The van der Waals surface area contributed by atoms with Gasteiger partial charge >= 0.3 is 5.97 Å². The predicted octanol–water partition coefficient (Wildman–Crippen LogP) is 4.43. The normalized spacial score (nSPS) is 27.8. The highest BCUT2D eigenvalue weighted by molar-refractivity contribution is 7.98. The molecule has 1 amide bonds. The summed E-state index contributed by atoms with van der Waals surface area (Å²) in [7, 11) is 0. The third kappa shape index (κ3) is 5.25. The summed E-state index contributed by atoms with van der Waals surface area (Å²) < 4.78 is 5.44. The number of carbonyl (C=O) groups excluding carboxylic acids is 3. The van der Waals surface area contributed by atoms with Gasteiger partial charge < -0.3 is 10.1 Å². The molecule has 0 saturated heterocycles. The number of ether oxygens (including phenoxy) is 1. The minimum absolute atomic E-state index is 0.00769. The van der Waals surface area contributed by atoms with E-state index in [1.165, 1.54) is 43.2 Å². The Morgan fingerprint density at radius 1 is 1.21 bits per heavy atom. The molecule has 0 radical (unpaired) electrons. The Morgan fingerprint density at radius 2 is 1.82 bits per heavy atom. The number of rotatable bonds is 10. The molecular formula is C24H29ClN2O6S. The van der Waals surface area contributed by atoms with Crippen molar-refractivity contribution in [2.45, 2.75) is 51.0 Å². The van der Waals surface area contributed by atoms with Gasteiger partial charge in [-0.2, -0.15) is 11.8 Å². The summed E-state index contributed by atoms with van der Waals surface area (Å²) in [6.45, 7) is -0.269. The Balaban J connectivity index is 1.38. The van der Waals surface area contributed by atoms with Gasteiger partial charge in [-0.05, 0) is 80.8 Å². The molecule has 10 heteroatoms. The van der Waals surface area contributed by atoms with Gasteiger partial charge in [0, 0.05) is 17.5 Å². The highest BCUT2D eigenvalue weighted by Crippen LogP contribution is 2.60. The Morgan fingerprint density at radius 3 is 2.35 bits per heavy atom. The van der Waals surface area contributed by atoms with Gasteiger partial charge in [-0.3, -0.25) is 19.7 Å². The quantitative estimate of drug-likeness (QED) is 0.282. The van der Waals surface area contributed by atoms with Gasteiger partial charge in [0.25, 0.3) is 11.6 Å². The second-order valence-corrected chi connectivity index (χ2v) is 11.4. The number of thioether (sulfide) groups is 1. The number of ketones is 1. The number of amides is 1. The van der Waals surface area contributed by atoms with Crippen molar-refractivity contribution < 1.29 is 24.0 Å². The topological polar surface area (TPSA) is 116 Å². The first kappa shape index (κ1) is 25.0. The third-order valence-electron chi connectivity index (χ3n) is 7.58. The molecule has 5 rings (SSSR count). The van der Waals surface area contributed by atoms with E-state index in [9.17, 15) is 24.5 Å². The first-order valence-corrected chi connectivity index (χ1v) is 13.4. The minimum Gasteiger partial charge on any atom is -0.456 e. The number of nitro groups is 1. The number of nitrogens with one attached hydrogen (secondary N) is 1. The molecule has 34 heavy (non-hydrogen) atoms. The molecule has 4 aliphatic rings. The van der Waals surface area contributed by atoms with Gasteiger partial charge in [-0.15, -0.1) is 0 Å². The lowest BCUT2D eigenvalue weighted by Crippen LogP contribution is -2.51. The summed E-state index contributed by atoms with van der Waals surface area (Å²) in [6.07, 6.45) is 8.58. The van der Waals surface area contributed by atoms with Crippen molar-refractivity contribution in [3.05, 3.63) is 38.9 Å². The molecule has 4 bridgehead atoms. The highest BCUT2D eigenvalue weighted by atomic mass is 35.5. The zero-order chi connectivity index (χ0) is 24.5. The molecule has 4 saturated carbocycles. The number of halogens is 1. The summed E-state index contributed by atoms with van der Waals surface area (Å²) in [5.41, 5.74) is -0.554. The molecule has 0 aromatic heterocycles. The standard InChI is InChI=1S/C24H29ClN2O6S/c1-34-5-4-20(26-22(29)18-3-2-17(27(31)32)9-19(18)25)23(30)33-13-21(28)24-10-14-6-15(11-24)8-16(7-14)12-24/h2-3,9,14-16,20H,4-8,10-13H2,1H3,(H,26,29)/t14?,15?,16?,20-,24?/m1/s1. The number of hydrogen-bond acceptors (Lipinski definition) is 7. The summed E-state index contributed by atoms with van der Waals surface area (Å²) in [5.74, 6) is 1.17. The number of hydrogen-bond donors (Lipinski definition) is 1. The Kier molecular flexibility index (Phi) is 7.52. The van der Waals surface area contributed by atoms with Gasteiger partial charge in [0.15, 0.2) is 12.4 Å². The van der Waals surface area contributed by atoms with Gasteiger partial charge in [0.2, 0.25) is 0 Å². The second-order valence-electron chi connectivity index (χ2n) is 9.96. The van der Waals surface area contributed by atoms with Gasteiger partial charge in [-0.1, -0.05) is 11.6 Å². The smallest absolute Gasteiger partial charge is 0.329 e. The van der Waals surface area contributed by atoms with Crippen LogP contribution >= 0.6 is 23.4 Å². The van der Waals surface area contributed by atoms with Crippen molar-refractivity contribution in [2.24, 2.45) is 23.2 Å². The number of benzene rings is 1. The first-order chi connectivity index (χ1) is 16.2. The predicted molar refractivity (Wildman–Crippen MR) is 129 cm³/mol. The number of nitro benzene ring substituents is 1. The van der Waals surface area contributed by atoms with Crippen LogP contribution in [0.4, 0.5) is 5.69 Å². The van der Waals surface area contributed by atoms with Crippen LogP contribution < -0.4 is 5.32 Å². The average Bonchev–Trinajstić information content (AvgIpc) is 2.78. The molecule has 184 valence electrons. The SMILES string of the molecule is CSCC[C@@H](NC(=O)c1ccc([N+](=O)[O-])cc1Cl)C(=O)OCC(=O)C12CC3CC(CC(C3)C1)C2. The average molecular weight is 509 g/mol. The molecule has 0 unspecified atom stereocenters. The molecule has 4 fully saturated rings. The summed E-state index contributed by atoms with van der Waals surface area (Å²) in [5, 5.41) is 13.4. The minimum atomic E-state index is -0.949. The van der Waals surface area contributed by atoms with E-state index in [-0.39, 0.29) is 34.1 Å². The molecule has 0 aliphatic heterocycles. The van der Waals surface area contributed by atoms with E-state index in [4.69, 9.17) is 16.3 Å². The number of Topliss-reactive ketones (excluding diaryl/α,β-unsaturated/α-hetero) is 1. The van der Waals surface area contributed by atoms with Crippen molar-refractivity contribution >= 4 is 46.7 Å². The van der Waals surface area contributed by atoms with Gasteiger partial charge in [0.1, 0.15) is 6.04 Å². The van der Waals surface area contributed by atoms with E-state index in [0.29, 0.717) is 29.9 Å². The molecule has 4 aliphatic carbocycles. The van der Waals surface area contributed by atoms with Crippen LogP contribution in [0.15, 0.2) is 18.2 Å². The lowest BCUT2D eigenvalue weighted by molar-refractivity contribution is -0.384. The van der Waals surface area contributed by atoms with Gasteiger partial charge in [-0.25, -0.2) is 4.79 Å². The number of carbonyl (C=O) groups is 3. The zero-order valence-electron chi connectivity index (χ0n) is 19.1. The van der Waals surface area contributed by atoms with E-state index >= 15 is 0 Å². The number of esters is 1. The fourth-order valence-corrected chi connectivity index (χ4v) is 7.10. The largest absolute Gasteiger partial charge is 0.456 e. The van der Waals surface area contributed by atoms with Crippen LogP contribution in [0.3, 0.4) is 0 Å². The maximum Gasteiger partial charge on any atom is 0.329 e. The van der Waals surface area contributed by atoms with Crippen molar-refractivity contribution in [2.75, 3.05) is 18.6 Å². The lowest BCUT2D eigenvalue weighted by atomic mass is 9.48. The van der Waals surface area contributed by atoms with Crippen molar-refractivity contribution in [1.82, 2.24) is 5.32 Å². The van der Waals surface area contributed by atoms with E-state index < -0.39 is 22.8 Å². The lowest BCUT2D eigenvalue weighted by Gasteiger charge is -2.55. The maximum atomic E-state index is 13.2. The monoisotopic (exact) mass is 508 g/mol. The van der Waals surface area contributed by atoms with E-state index in [0.717, 1.165) is 25.3 Å². The number of nitrogens with zero attached hydrogens (tertiary/aromatic N) is 1. The molecule has 1 aromatic rings. The molecule has 1 aromatic carbocycles. The molecule has 1 N–H and O–H groups in total. The van der Waals surface area contributed by atoms with E-state index in [1.807, 2.05) is 6.26 Å². The molecule has 0 heterocycles. The summed E-state index contributed by atoms with van der Waals surface area (Å²) in [4.78, 5) is 49.1. The Bertz CT molecular complexity index is 964. The maximum absolute atomic E-state index is 13.2. The molecule has 0 spiro atoms. The van der Waals surface area contributed by atoms with Crippen LogP contribution in [-0.4, -0.2) is 47.2 Å². The van der Waals surface area contributed by atoms with Gasteiger partial charge in [0.05, 0.1) is 15.5 Å². The van der Waals surface area contributed by atoms with Crippen LogP contribution in [0.2, 0.25) is 5.02 Å². The first-order valence-electron chi connectivity index (χ1n) is 11.6. The van der Waals surface area contributed by atoms with Crippen LogP contribution in [0.1, 0.15) is 55.3 Å². The molecule has 8 nitrogen and oxygen atoms in total. The third-order valence-corrected chi connectivity index (χ3v) is 8.54. The van der Waals surface area contributed by atoms with Crippen LogP contribution in [0.5, 0.6) is 0 Å². The second kappa shape index (κ2) is 10.2. The van der Waals surface area contributed by atoms with Crippen LogP contribution in [0.25, 0.3) is 0 Å². The highest BCUT2D eigenvalue weighted by Gasteiger charge is 2.54. The molecular weight excluding hydrogens is 480 g/mol. The van der Waals surface area contributed by atoms with Crippen molar-refractivity contribution in [3.63, 3.8) is 0 Å². The molecule has 1 atom stereocenters. The van der Waals surface area contributed by atoms with E-state index in [2.05, 4.69) is 5.32 Å². The van der Waals surface area contributed by atoms with Crippen LogP contribution in [0, 0.1) is 33.3 Å². The summed E-state index contributed by atoms with van der Waals surface area (Å²) in [6, 6.07) is 2.58. The summed E-state index contributed by atoms with van der Waals surface area (Å²) >= 11 is 7.57. The van der Waals surface area contributed by atoms with Crippen molar-refractivity contribution in [3.8, 4) is 0 Å². The Hall–Kier alpha value is -2.13. The fraction of sp³-hybridized carbons (Fsp3) is 0.625. The van der Waals surface area contributed by atoms with E-state index in [1.54, 1.807) is 0 Å². The Labute approximate surface area is 207 Å². The van der Waals surface area contributed by atoms with Crippen molar-refractivity contribution in [1.29, 1.82) is 0 Å².